The lowest BCUT2D eigenvalue weighted by Gasteiger charge is -2.61. The number of aliphatic hydroxyl groups excluding tert-OH is 2. The van der Waals surface area contributed by atoms with Crippen molar-refractivity contribution in [2.45, 2.75) is 75.3 Å². The molecule has 0 aromatic heterocycles. The van der Waals surface area contributed by atoms with Gasteiger partial charge in [-0.25, -0.2) is 0 Å². The fraction of sp³-hybridized carbons (Fsp3) is 0.406. The van der Waals surface area contributed by atoms with E-state index in [0.717, 1.165) is 5.56 Å². The second kappa shape index (κ2) is 10.9. The van der Waals surface area contributed by atoms with Gasteiger partial charge < -0.3 is 30.3 Å². The molecule has 1 fully saturated rings. The molecule has 1 unspecified atom stereocenters. The van der Waals surface area contributed by atoms with Crippen LogP contribution in [0.25, 0.3) is 0 Å². The van der Waals surface area contributed by atoms with Crippen LogP contribution < -0.4 is 0 Å². The van der Waals surface area contributed by atoms with E-state index >= 15 is 0 Å². The zero-order chi connectivity index (χ0) is 28.5. The first-order chi connectivity index (χ1) is 18.3. The number of ether oxygens (including phenoxy) is 1. The second-order valence-corrected chi connectivity index (χ2v) is 11.6. The van der Waals surface area contributed by atoms with E-state index in [-0.39, 0.29) is 12.8 Å². The molecule has 39 heavy (non-hydrogen) atoms. The zero-order valence-electron chi connectivity index (χ0n) is 22.6. The number of rotatable bonds is 8. The summed E-state index contributed by atoms with van der Waals surface area (Å²) >= 11 is 0. The molecule has 0 amide bonds. The van der Waals surface area contributed by atoms with E-state index in [2.05, 4.69) is 0 Å². The van der Waals surface area contributed by atoms with Crippen molar-refractivity contribution in [3.8, 4) is 0 Å². The molecule has 6 atom stereocenters. The van der Waals surface area contributed by atoms with Crippen molar-refractivity contribution >= 4 is 5.78 Å². The maximum atomic E-state index is 13.8. The molecule has 5 N–H and O–H groups in total. The molecule has 1 saturated heterocycles. The number of hydrogen-bond acceptors (Lipinski definition) is 7. The Bertz CT molecular complexity index is 1240. The predicted molar refractivity (Wildman–Crippen MR) is 147 cm³/mol. The normalized spacial score (nSPS) is 30.1. The molecule has 4 rings (SSSR count). The van der Waals surface area contributed by atoms with Crippen LogP contribution in [0.15, 0.2) is 91.0 Å². The highest BCUT2D eigenvalue weighted by atomic mass is 16.6. The third kappa shape index (κ3) is 5.31. The van der Waals surface area contributed by atoms with Crippen LogP contribution in [0.4, 0.5) is 0 Å². The molecule has 1 aliphatic heterocycles. The lowest BCUT2D eigenvalue weighted by Crippen LogP contribution is -2.85. The standard InChI is InChI=1S/C32H38O7/c1-29(2,3)27(34)32(38)28(35)39-26(25(33)19-22-13-7-4-8-14-22)30(36,20-23-15-9-5-10-16-23)31(32,37)21-24-17-11-6-12-18-24/h4-18,25-26,28,33,35-38H,19-21H2,1-3H3/t25?,26-,28+,30-,31+,32+/m1/s1. The van der Waals surface area contributed by atoms with Crippen LogP contribution in [-0.2, 0) is 28.8 Å². The third-order valence-corrected chi connectivity index (χ3v) is 7.73. The minimum Gasteiger partial charge on any atom is -0.390 e. The topological polar surface area (TPSA) is 127 Å². The van der Waals surface area contributed by atoms with Crippen molar-refractivity contribution in [3.63, 3.8) is 0 Å². The van der Waals surface area contributed by atoms with Gasteiger partial charge in [0.2, 0.25) is 5.60 Å². The highest BCUT2D eigenvalue weighted by molar-refractivity contribution is 5.94. The minimum absolute atomic E-state index is 0.0301. The predicted octanol–water partition coefficient (Wildman–Crippen LogP) is 2.60. The monoisotopic (exact) mass is 534 g/mol. The molecule has 0 bridgehead atoms. The summed E-state index contributed by atoms with van der Waals surface area (Å²) in [5, 5.41) is 60.1. The Hall–Kier alpha value is -2.91. The first kappa shape index (κ1) is 29.1. The number of Topliss-reactive ketones (excluding diaryl/α,β-unsaturated/α-hetero) is 1. The zero-order valence-corrected chi connectivity index (χ0v) is 22.6. The van der Waals surface area contributed by atoms with Crippen molar-refractivity contribution in [1.29, 1.82) is 0 Å². The van der Waals surface area contributed by atoms with E-state index in [9.17, 15) is 30.3 Å². The Balaban J connectivity index is 1.93. The summed E-state index contributed by atoms with van der Waals surface area (Å²) in [4.78, 5) is 13.8. The van der Waals surface area contributed by atoms with E-state index in [1.54, 1.807) is 106 Å². The van der Waals surface area contributed by atoms with Gasteiger partial charge in [0, 0.05) is 24.7 Å². The molecule has 1 aliphatic rings. The average Bonchev–Trinajstić information content (AvgIpc) is 2.90. The SMILES string of the molecule is CC(C)(C)C(=O)[C@]1(O)[C@@H](O)O[C@H](C(O)Cc2ccccc2)[C@](O)(Cc2ccccc2)[C@@]1(O)Cc1ccccc1. The summed E-state index contributed by atoms with van der Waals surface area (Å²) in [6, 6.07) is 26.5. The summed E-state index contributed by atoms with van der Waals surface area (Å²) in [5.41, 5.74) is -7.44. The largest absolute Gasteiger partial charge is 0.390 e. The molecule has 0 spiro atoms. The lowest BCUT2D eigenvalue weighted by molar-refractivity contribution is -0.390. The van der Waals surface area contributed by atoms with Gasteiger partial charge in [-0.1, -0.05) is 112 Å². The molecular weight excluding hydrogens is 496 g/mol. The van der Waals surface area contributed by atoms with Crippen LogP contribution in [0.2, 0.25) is 0 Å². The van der Waals surface area contributed by atoms with Gasteiger partial charge in [-0.15, -0.1) is 0 Å². The Morgan fingerprint density at radius 1 is 0.795 bits per heavy atom. The summed E-state index contributed by atoms with van der Waals surface area (Å²) in [5.74, 6) is -0.900. The molecule has 0 aliphatic carbocycles. The van der Waals surface area contributed by atoms with Gasteiger partial charge >= 0.3 is 0 Å². The molecule has 7 nitrogen and oxygen atoms in total. The summed E-state index contributed by atoms with van der Waals surface area (Å²) in [6.07, 6.45) is -5.86. The number of aliphatic hydroxyl groups is 5. The molecule has 7 heteroatoms. The van der Waals surface area contributed by atoms with Gasteiger partial charge in [0.05, 0.1) is 6.10 Å². The van der Waals surface area contributed by atoms with E-state index in [4.69, 9.17) is 4.74 Å². The highest BCUT2D eigenvalue weighted by Gasteiger charge is 2.75. The van der Waals surface area contributed by atoms with Crippen LogP contribution in [0, 0.1) is 5.41 Å². The van der Waals surface area contributed by atoms with E-state index in [0.29, 0.717) is 11.1 Å². The fourth-order valence-electron chi connectivity index (χ4n) is 5.70. The van der Waals surface area contributed by atoms with Crippen molar-refractivity contribution in [1.82, 2.24) is 0 Å². The van der Waals surface area contributed by atoms with E-state index in [1.165, 1.54) is 0 Å². The molecular formula is C32H38O7. The number of carbonyl (C=O) groups is 1. The van der Waals surface area contributed by atoms with Gasteiger partial charge in [0.1, 0.15) is 17.3 Å². The smallest absolute Gasteiger partial charge is 0.206 e. The third-order valence-electron chi connectivity index (χ3n) is 7.73. The minimum atomic E-state index is -2.94. The van der Waals surface area contributed by atoms with Crippen LogP contribution in [0.1, 0.15) is 37.5 Å². The van der Waals surface area contributed by atoms with Crippen LogP contribution >= 0.6 is 0 Å². The number of carbonyl (C=O) groups excluding carboxylic acids is 1. The van der Waals surface area contributed by atoms with Crippen LogP contribution in [-0.4, -0.2) is 66.6 Å². The molecule has 3 aromatic carbocycles. The van der Waals surface area contributed by atoms with E-state index < -0.39 is 52.9 Å². The molecule has 208 valence electrons. The van der Waals surface area contributed by atoms with Crippen molar-refractivity contribution < 1.29 is 35.1 Å². The molecule has 0 radical (unpaired) electrons. The van der Waals surface area contributed by atoms with Gasteiger partial charge in [0.25, 0.3) is 0 Å². The van der Waals surface area contributed by atoms with Gasteiger partial charge in [-0.05, 0) is 16.7 Å². The van der Waals surface area contributed by atoms with Gasteiger partial charge in [-0.2, -0.15) is 0 Å². The fourth-order valence-corrected chi connectivity index (χ4v) is 5.70. The first-order valence-corrected chi connectivity index (χ1v) is 13.2. The van der Waals surface area contributed by atoms with E-state index in [1.807, 2.05) is 6.07 Å². The maximum Gasteiger partial charge on any atom is 0.206 e. The molecule has 3 aromatic rings. The van der Waals surface area contributed by atoms with Crippen molar-refractivity contribution in [3.05, 3.63) is 108 Å². The Morgan fingerprint density at radius 2 is 1.23 bits per heavy atom. The Morgan fingerprint density at radius 3 is 1.69 bits per heavy atom. The lowest BCUT2D eigenvalue weighted by atomic mass is 9.57. The molecule has 0 saturated carbocycles. The van der Waals surface area contributed by atoms with Crippen LogP contribution in [0.5, 0.6) is 0 Å². The van der Waals surface area contributed by atoms with Crippen molar-refractivity contribution in [2.24, 2.45) is 5.41 Å². The second-order valence-electron chi connectivity index (χ2n) is 11.6. The Kier molecular flexibility index (Phi) is 8.15. The number of benzene rings is 3. The first-order valence-electron chi connectivity index (χ1n) is 13.2. The number of hydrogen-bond donors (Lipinski definition) is 5. The highest BCUT2D eigenvalue weighted by Crippen LogP contribution is 2.51. The van der Waals surface area contributed by atoms with Crippen molar-refractivity contribution in [2.75, 3.05) is 0 Å². The van der Waals surface area contributed by atoms with Gasteiger partial charge in [0.15, 0.2) is 12.1 Å². The van der Waals surface area contributed by atoms with Crippen LogP contribution in [0.3, 0.4) is 0 Å². The quantitative estimate of drug-likeness (QED) is 0.301. The summed E-state index contributed by atoms with van der Waals surface area (Å²) in [7, 11) is 0. The molecule has 1 heterocycles. The maximum absolute atomic E-state index is 13.8. The number of ketones is 1. The average molecular weight is 535 g/mol. The summed E-state index contributed by atoms with van der Waals surface area (Å²) < 4.78 is 5.80. The Labute approximate surface area is 229 Å². The van der Waals surface area contributed by atoms with Gasteiger partial charge in [-0.3, -0.25) is 4.79 Å². The summed E-state index contributed by atoms with van der Waals surface area (Å²) in [6.45, 7) is 4.65.